The first-order valence-electron chi connectivity index (χ1n) is 8.05. The SMILES string of the molecule is CC(C)CCOc1ccc(C(=O)NC(=S)Nc2ccc(F)cc2)cc1. The molecule has 0 aromatic heterocycles. The minimum absolute atomic E-state index is 0.147. The zero-order valence-electron chi connectivity index (χ0n) is 14.2. The topological polar surface area (TPSA) is 50.4 Å². The maximum atomic E-state index is 12.9. The minimum Gasteiger partial charge on any atom is -0.494 e. The number of carbonyl (C=O) groups is 1. The van der Waals surface area contributed by atoms with Gasteiger partial charge in [0, 0.05) is 11.3 Å². The molecule has 0 aliphatic carbocycles. The summed E-state index contributed by atoms with van der Waals surface area (Å²) < 4.78 is 18.5. The number of rotatable bonds is 6. The van der Waals surface area contributed by atoms with E-state index in [1.807, 2.05) is 0 Å². The number of hydrogen-bond donors (Lipinski definition) is 2. The second-order valence-corrected chi connectivity index (χ2v) is 6.38. The van der Waals surface area contributed by atoms with Crippen LogP contribution in [0.2, 0.25) is 0 Å². The van der Waals surface area contributed by atoms with E-state index in [1.54, 1.807) is 24.3 Å². The van der Waals surface area contributed by atoms with E-state index in [4.69, 9.17) is 17.0 Å². The van der Waals surface area contributed by atoms with Crippen LogP contribution in [0.3, 0.4) is 0 Å². The first-order chi connectivity index (χ1) is 11.9. The van der Waals surface area contributed by atoms with E-state index in [9.17, 15) is 9.18 Å². The van der Waals surface area contributed by atoms with Gasteiger partial charge in [0.25, 0.3) is 5.91 Å². The van der Waals surface area contributed by atoms with Gasteiger partial charge in [-0.05, 0) is 73.1 Å². The summed E-state index contributed by atoms with van der Waals surface area (Å²) in [6.07, 6.45) is 0.978. The molecule has 2 aromatic rings. The molecule has 0 bridgehead atoms. The summed E-state index contributed by atoms with van der Waals surface area (Å²) in [5, 5.41) is 5.56. The predicted octanol–water partition coefficient (Wildman–Crippen LogP) is 4.38. The molecule has 25 heavy (non-hydrogen) atoms. The number of anilines is 1. The van der Waals surface area contributed by atoms with Gasteiger partial charge in [0.05, 0.1) is 6.61 Å². The average molecular weight is 360 g/mol. The molecule has 2 aromatic carbocycles. The molecule has 0 radical (unpaired) electrons. The van der Waals surface area contributed by atoms with E-state index in [0.29, 0.717) is 23.8 Å². The smallest absolute Gasteiger partial charge is 0.257 e. The van der Waals surface area contributed by atoms with E-state index in [2.05, 4.69) is 24.5 Å². The molecule has 6 heteroatoms. The summed E-state index contributed by atoms with van der Waals surface area (Å²) in [5.74, 6) is 0.647. The van der Waals surface area contributed by atoms with Gasteiger partial charge in [0.15, 0.2) is 5.11 Å². The quantitative estimate of drug-likeness (QED) is 0.751. The van der Waals surface area contributed by atoms with Crippen LogP contribution in [0.1, 0.15) is 30.6 Å². The normalized spacial score (nSPS) is 10.4. The fraction of sp³-hybridized carbons (Fsp3) is 0.263. The molecule has 2 N–H and O–H groups in total. The van der Waals surface area contributed by atoms with Gasteiger partial charge < -0.3 is 10.1 Å². The van der Waals surface area contributed by atoms with E-state index in [0.717, 1.165) is 12.2 Å². The first-order valence-corrected chi connectivity index (χ1v) is 8.45. The molecule has 0 unspecified atom stereocenters. The summed E-state index contributed by atoms with van der Waals surface area (Å²) >= 11 is 5.09. The van der Waals surface area contributed by atoms with Crippen LogP contribution in [-0.4, -0.2) is 17.6 Å². The molecule has 1 amide bonds. The first kappa shape index (κ1) is 18.9. The molecule has 0 saturated carbocycles. The molecule has 0 saturated heterocycles. The van der Waals surface area contributed by atoms with Gasteiger partial charge in [-0.25, -0.2) is 4.39 Å². The van der Waals surface area contributed by atoms with E-state index < -0.39 is 0 Å². The molecule has 0 fully saturated rings. The highest BCUT2D eigenvalue weighted by atomic mass is 32.1. The molecular weight excluding hydrogens is 339 g/mol. The standard InChI is InChI=1S/C19H21FN2O2S/c1-13(2)11-12-24-17-9-3-14(4-10-17)18(23)22-19(25)21-16-7-5-15(20)6-8-16/h3-10,13H,11-12H2,1-2H3,(H2,21,22,23,25). The van der Waals surface area contributed by atoms with E-state index in [-0.39, 0.29) is 16.8 Å². The summed E-state index contributed by atoms with van der Waals surface area (Å²) in [6.45, 7) is 4.92. The van der Waals surface area contributed by atoms with Crippen molar-refractivity contribution in [3.8, 4) is 5.75 Å². The van der Waals surface area contributed by atoms with Gasteiger partial charge in [0.1, 0.15) is 11.6 Å². The Morgan fingerprint density at radius 1 is 1.12 bits per heavy atom. The minimum atomic E-state index is -0.337. The summed E-state index contributed by atoms with van der Waals surface area (Å²) in [4.78, 5) is 12.2. The molecule has 132 valence electrons. The molecular formula is C19H21FN2O2S. The van der Waals surface area contributed by atoms with Gasteiger partial charge >= 0.3 is 0 Å². The van der Waals surface area contributed by atoms with Crippen molar-refractivity contribution in [2.24, 2.45) is 5.92 Å². The lowest BCUT2D eigenvalue weighted by atomic mass is 10.1. The third-order valence-electron chi connectivity index (χ3n) is 3.41. The Balaban J connectivity index is 1.85. The Bertz CT molecular complexity index is 715. The van der Waals surface area contributed by atoms with Gasteiger partial charge in [0.2, 0.25) is 0 Å². The third-order valence-corrected chi connectivity index (χ3v) is 3.61. The fourth-order valence-corrected chi connectivity index (χ4v) is 2.20. The van der Waals surface area contributed by atoms with Crippen molar-refractivity contribution in [2.45, 2.75) is 20.3 Å². The van der Waals surface area contributed by atoms with E-state index in [1.165, 1.54) is 24.3 Å². The highest BCUT2D eigenvalue weighted by molar-refractivity contribution is 7.80. The number of amides is 1. The maximum Gasteiger partial charge on any atom is 0.257 e. The maximum absolute atomic E-state index is 12.9. The van der Waals surface area contributed by atoms with Crippen LogP contribution >= 0.6 is 12.2 Å². The second-order valence-electron chi connectivity index (χ2n) is 5.97. The molecule has 2 rings (SSSR count). The Hall–Kier alpha value is -2.47. The zero-order valence-corrected chi connectivity index (χ0v) is 15.0. The third kappa shape index (κ3) is 6.51. The monoisotopic (exact) mass is 360 g/mol. The number of nitrogens with one attached hydrogen (secondary N) is 2. The molecule has 0 heterocycles. The summed E-state index contributed by atoms with van der Waals surface area (Å²) in [7, 11) is 0. The molecule has 0 spiro atoms. The molecule has 0 aliphatic rings. The van der Waals surface area contributed by atoms with Crippen molar-refractivity contribution in [2.75, 3.05) is 11.9 Å². The zero-order chi connectivity index (χ0) is 18.2. The van der Waals surface area contributed by atoms with Crippen LogP contribution < -0.4 is 15.4 Å². The lowest BCUT2D eigenvalue weighted by molar-refractivity contribution is 0.0977. The second kappa shape index (κ2) is 9.13. The lowest BCUT2D eigenvalue weighted by Gasteiger charge is -2.11. The lowest BCUT2D eigenvalue weighted by Crippen LogP contribution is -2.34. The number of benzene rings is 2. The Kier molecular flexibility index (Phi) is 6.89. The van der Waals surface area contributed by atoms with Crippen LogP contribution in [-0.2, 0) is 0 Å². The van der Waals surface area contributed by atoms with Gasteiger partial charge in [-0.15, -0.1) is 0 Å². The Morgan fingerprint density at radius 2 is 1.76 bits per heavy atom. The van der Waals surface area contributed by atoms with Crippen molar-refractivity contribution >= 4 is 28.9 Å². The van der Waals surface area contributed by atoms with Crippen LogP contribution in [0, 0.1) is 11.7 Å². The number of ether oxygens (including phenoxy) is 1. The average Bonchev–Trinajstić information content (AvgIpc) is 2.57. The van der Waals surface area contributed by atoms with Crippen molar-refractivity contribution in [3.63, 3.8) is 0 Å². The number of carbonyl (C=O) groups excluding carboxylic acids is 1. The number of hydrogen-bond acceptors (Lipinski definition) is 3. The highest BCUT2D eigenvalue weighted by Crippen LogP contribution is 2.14. The van der Waals surface area contributed by atoms with Crippen LogP contribution in [0.15, 0.2) is 48.5 Å². The van der Waals surface area contributed by atoms with Gasteiger partial charge in [-0.1, -0.05) is 13.8 Å². The highest BCUT2D eigenvalue weighted by Gasteiger charge is 2.08. The van der Waals surface area contributed by atoms with E-state index >= 15 is 0 Å². The Labute approximate surface area is 152 Å². The summed E-state index contributed by atoms with van der Waals surface area (Å²) in [6, 6.07) is 12.6. The van der Waals surface area contributed by atoms with Crippen molar-refractivity contribution in [1.82, 2.24) is 5.32 Å². The van der Waals surface area contributed by atoms with Crippen molar-refractivity contribution < 1.29 is 13.9 Å². The van der Waals surface area contributed by atoms with Crippen molar-refractivity contribution in [3.05, 3.63) is 59.9 Å². The Morgan fingerprint density at radius 3 is 2.36 bits per heavy atom. The van der Waals surface area contributed by atoms with Crippen LogP contribution in [0.4, 0.5) is 10.1 Å². The fourth-order valence-electron chi connectivity index (χ4n) is 1.99. The van der Waals surface area contributed by atoms with Crippen LogP contribution in [0.5, 0.6) is 5.75 Å². The molecule has 4 nitrogen and oxygen atoms in total. The summed E-state index contributed by atoms with van der Waals surface area (Å²) in [5.41, 5.74) is 1.07. The van der Waals surface area contributed by atoms with Gasteiger partial charge in [-0.3, -0.25) is 10.1 Å². The number of thiocarbonyl (C=S) groups is 1. The van der Waals surface area contributed by atoms with Crippen molar-refractivity contribution in [1.29, 1.82) is 0 Å². The predicted molar refractivity (Wildman–Crippen MR) is 101 cm³/mol. The number of halogens is 1. The molecule has 0 aliphatic heterocycles. The van der Waals surface area contributed by atoms with Crippen LogP contribution in [0.25, 0.3) is 0 Å². The van der Waals surface area contributed by atoms with Gasteiger partial charge in [-0.2, -0.15) is 0 Å². The molecule has 0 atom stereocenters. The largest absolute Gasteiger partial charge is 0.494 e.